The summed E-state index contributed by atoms with van der Waals surface area (Å²) in [4.78, 5) is 0. The number of ether oxygens (including phenoxy) is 3. The van der Waals surface area contributed by atoms with E-state index in [4.69, 9.17) is 31.5 Å². The van der Waals surface area contributed by atoms with E-state index in [2.05, 4.69) is 13.8 Å². The molecule has 0 atom stereocenters. The Hall–Kier alpha value is -1.91. The van der Waals surface area contributed by atoms with Gasteiger partial charge in [-0.2, -0.15) is 0 Å². The number of rotatable bonds is 8. The van der Waals surface area contributed by atoms with Crippen LogP contribution in [0.3, 0.4) is 0 Å². The van der Waals surface area contributed by atoms with E-state index in [1.165, 1.54) is 11.1 Å². The van der Waals surface area contributed by atoms with Crippen molar-refractivity contribution >= 4 is 11.6 Å². The Morgan fingerprint density at radius 3 is 2.38 bits per heavy atom. The molecule has 0 bridgehead atoms. The Labute approximate surface area is 148 Å². The number of benzene rings is 2. The first-order valence-corrected chi connectivity index (χ1v) is 8.41. The van der Waals surface area contributed by atoms with Gasteiger partial charge in [0.15, 0.2) is 11.5 Å². The second-order valence-corrected chi connectivity index (χ2v) is 5.89. The maximum absolute atomic E-state index is 6.28. The quantitative estimate of drug-likeness (QED) is 0.723. The van der Waals surface area contributed by atoms with Crippen molar-refractivity contribution in [2.45, 2.75) is 27.3 Å². The van der Waals surface area contributed by atoms with Crippen LogP contribution >= 0.6 is 11.6 Å². The maximum atomic E-state index is 6.28. The predicted molar refractivity (Wildman–Crippen MR) is 97.4 cm³/mol. The van der Waals surface area contributed by atoms with E-state index < -0.39 is 0 Å². The number of aryl methyl sites for hydroxylation is 2. The maximum Gasteiger partial charge on any atom is 0.179 e. The van der Waals surface area contributed by atoms with Crippen molar-refractivity contribution in [3.63, 3.8) is 0 Å². The summed E-state index contributed by atoms with van der Waals surface area (Å²) in [5.41, 5.74) is 9.02. The molecule has 0 amide bonds. The molecule has 0 fully saturated rings. The highest BCUT2D eigenvalue weighted by atomic mass is 35.5. The zero-order valence-electron chi connectivity index (χ0n) is 14.4. The highest BCUT2D eigenvalue weighted by Crippen LogP contribution is 2.36. The van der Waals surface area contributed by atoms with E-state index in [9.17, 15) is 0 Å². The van der Waals surface area contributed by atoms with Gasteiger partial charge in [0, 0.05) is 6.54 Å². The molecule has 0 aliphatic rings. The molecule has 0 aromatic heterocycles. The zero-order valence-corrected chi connectivity index (χ0v) is 15.2. The van der Waals surface area contributed by atoms with Gasteiger partial charge in [-0.1, -0.05) is 17.7 Å². The third kappa shape index (κ3) is 4.79. The van der Waals surface area contributed by atoms with Gasteiger partial charge in [0.1, 0.15) is 19.0 Å². The normalized spacial score (nSPS) is 10.5. The van der Waals surface area contributed by atoms with E-state index in [0.29, 0.717) is 42.9 Å². The number of nitrogens with two attached hydrogens (primary N) is 1. The average molecular weight is 350 g/mol. The first-order chi connectivity index (χ1) is 11.5. The number of hydrogen-bond acceptors (Lipinski definition) is 4. The molecule has 0 radical (unpaired) electrons. The van der Waals surface area contributed by atoms with Gasteiger partial charge in [-0.05, 0) is 61.7 Å². The monoisotopic (exact) mass is 349 g/mol. The van der Waals surface area contributed by atoms with Crippen LogP contribution < -0.4 is 19.9 Å². The Morgan fingerprint density at radius 1 is 0.958 bits per heavy atom. The number of halogens is 1. The molecule has 5 heteroatoms. The summed E-state index contributed by atoms with van der Waals surface area (Å²) in [5.74, 6) is 1.97. The summed E-state index contributed by atoms with van der Waals surface area (Å²) in [6.07, 6.45) is 0. The topological polar surface area (TPSA) is 53.7 Å². The van der Waals surface area contributed by atoms with Gasteiger partial charge in [0.2, 0.25) is 0 Å². The van der Waals surface area contributed by atoms with Crippen molar-refractivity contribution in [2.24, 2.45) is 5.73 Å². The van der Waals surface area contributed by atoms with E-state index in [0.717, 1.165) is 11.3 Å². The van der Waals surface area contributed by atoms with Gasteiger partial charge in [-0.25, -0.2) is 0 Å². The molecular formula is C19H24ClNO3. The molecular weight excluding hydrogens is 326 g/mol. The van der Waals surface area contributed by atoms with Crippen molar-refractivity contribution in [2.75, 3.05) is 19.8 Å². The molecule has 2 rings (SSSR count). The van der Waals surface area contributed by atoms with E-state index in [1.807, 2.05) is 31.2 Å². The lowest BCUT2D eigenvalue weighted by molar-refractivity contribution is 0.208. The molecule has 0 spiro atoms. The fourth-order valence-corrected chi connectivity index (χ4v) is 2.54. The van der Waals surface area contributed by atoms with Gasteiger partial charge in [-0.15, -0.1) is 0 Å². The first kappa shape index (κ1) is 18.4. The standard InChI is InChI=1S/C19H24ClNO3/c1-4-22-18-11-15(12-21)10-17(20)19(18)24-8-7-23-16-6-5-13(2)14(3)9-16/h5-6,9-11H,4,7-8,12,21H2,1-3H3. The van der Waals surface area contributed by atoms with Crippen LogP contribution in [-0.4, -0.2) is 19.8 Å². The van der Waals surface area contributed by atoms with Gasteiger partial charge in [0.05, 0.1) is 11.6 Å². The van der Waals surface area contributed by atoms with Gasteiger partial charge < -0.3 is 19.9 Å². The first-order valence-electron chi connectivity index (χ1n) is 8.03. The van der Waals surface area contributed by atoms with E-state index in [1.54, 1.807) is 6.07 Å². The van der Waals surface area contributed by atoms with Crippen LogP contribution in [0.4, 0.5) is 0 Å². The van der Waals surface area contributed by atoms with Crippen molar-refractivity contribution in [3.8, 4) is 17.2 Å². The largest absolute Gasteiger partial charge is 0.490 e. The minimum Gasteiger partial charge on any atom is -0.490 e. The van der Waals surface area contributed by atoms with Crippen LogP contribution in [0, 0.1) is 13.8 Å². The van der Waals surface area contributed by atoms with E-state index >= 15 is 0 Å². The van der Waals surface area contributed by atoms with Crippen LogP contribution in [-0.2, 0) is 6.54 Å². The fraction of sp³-hybridized carbons (Fsp3) is 0.368. The Bertz CT molecular complexity index is 689. The molecule has 2 N–H and O–H groups in total. The average Bonchev–Trinajstić information content (AvgIpc) is 2.56. The molecule has 0 saturated heterocycles. The van der Waals surface area contributed by atoms with Gasteiger partial charge in [0.25, 0.3) is 0 Å². The molecule has 0 aliphatic heterocycles. The SMILES string of the molecule is CCOc1cc(CN)cc(Cl)c1OCCOc1ccc(C)c(C)c1. The summed E-state index contributed by atoms with van der Waals surface area (Å²) in [6.45, 7) is 7.76. The smallest absolute Gasteiger partial charge is 0.179 e. The predicted octanol–water partition coefficient (Wildman–Crippen LogP) is 4.27. The lowest BCUT2D eigenvalue weighted by Gasteiger charge is -2.15. The summed E-state index contributed by atoms with van der Waals surface area (Å²) >= 11 is 6.28. The molecule has 130 valence electrons. The molecule has 24 heavy (non-hydrogen) atoms. The van der Waals surface area contributed by atoms with Crippen molar-refractivity contribution in [1.29, 1.82) is 0 Å². The third-order valence-electron chi connectivity index (χ3n) is 3.68. The Kier molecular flexibility index (Phi) is 6.76. The molecule has 0 heterocycles. The lowest BCUT2D eigenvalue weighted by atomic mass is 10.1. The van der Waals surface area contributed by atoms with Crippen molar-refractivity contribution < 1.29 is 14.2 Å². The molecule has 2 aromatic carbocycles. The molecule has 0 saturated carbocycles. The molecule has 2 aromatic rings. The molecule has 0 aliphatic carbocycles. The fourth-order valence-electron chi connectivity index (χ4n) is 2.25. The van der Waals surface area contributed by atoms with Crippen LogP contribution in [0.25, 0.3) is 0 Å². The van der Waals surface area contributed by atoms with Crippen LogP contribution in [0.15, 0.2) is 30.3 Å². The van der Waals surface area contributed by atoms with Crippen molar-refractivity contribution in [3.05, 3.63) is 52.0 Å². The highest BCUT2D eigenvalue weighted by molar-refractivity contribution is 6.32. The lowest BCUT2D eigenvalue weighted by Crippen LogP contribution is -2.11. The Morgan fingerprint density at radius 2 is 1.71 bits per heavy atom. The van der Waals surface area contributed by atoms with Gasteiger partial charge >= 0.3 is 0 Å². The third-order valence-corrected chi connectivity index (χ3v) is 3.96. The summed E-state index contributed by atoms with van der Waals surface area (Å²) < 4.78 is 17.1. The number of hydrogen-bond donors (Lipinski definition) is 1. The minimum atomic E-state index is 0.370. The minimum absolute atomic E-state index is 0.370. The highest BCUT2D eigenvalue weighted by Gasteiger charge is 2.12. The summed E-state index contributed by atoms with van der Waals surface area (Å²) in [5, 5.41) is 0.493. The second kappa shape index (κ2) is 8.81. The Balaban J connectivity index is 1.97. The summed E-state index contributed by atoms with van der Waals surface area (Å²) in [7, 11) is 0. The van der Waals surface area contributed by atoms with Crippen LogP contribution in [0.5, 0.6) is 17.2 Å². The zero-order chi connectivity index (χ0) is 17.5. The second-order valence-electron chi connectivity index (χ2n) is 5.49. The molecule has 4 nitrogen and oxygen atoms in total. The van der Waals surface area contributed by atoms with Gasteiger partial charge in [-0.3, -0.25) is 0 Å². The van der Waals surface area contributed by atoms with E-state index in [-0.39, 0.29) is 0 Å². The van der Waals surface area contributed by atoms with Crippen molar-refractivity contribution in [1.82, 2.24) is 0 Å². The van der Waals surface area contributed by atoms with Crippen LogP contribution in [0.1, 0.15) is 23.6 Å². The summed E-state index contributed by atoms with van der Waals surface area (Å²) in [6, 6.07) is 9.67. The van der Waals surface area contributed by atoms with Crippen LogP contribution in [0.2, 0.25) is 5.02 Å². The molecule has 0 unspecified atom stereocenters.